The summed E-state index contributed by atoms with van der Waals surface area (Å²) in [6.45, 7) is 0. The molecule has 2 rings (SSSR count). The maximum Gasteiger partial charge on any atom is 0.319 e. The number of rotatable bonds is 3. The van der Waals surface area contributed by atoms with Crippen LogP contribution in [0.3, 0.4) is 0 Å². The third-order valence-corrected chi connectivity index (χ3v) is 4.63. The van der Waals surface area contributed by atoms with Gasteiger partial charge in [-0.15, -0.1) is 11.8 Å². The van der Waals surface area contributed by atoms with Crippen LogP contribution >= 0.6 is 11.8 Å². The highest BCUT2D eigenvalue weighted by atomic mass is 32.2. The summed E-state index contributed by atoms with van der Waals surface area (Å²) in [6, 6.07) is 0. The highest BCUT2D eigenvalue weighted by Crippen LogP contribution is 2.53. The van der Waals surface area contributed by atoms with Crippen molar-refractivity contribution in [1.29, 1.82) is 0 Å². The maximum atomic E-state index is 10.9. The van der Waals surface area contributed by atoms with Crippen LogP contribution in [-0.4, -0.2) is 21.1 Å². The number of hydrogen-bond acceptors (Lipinski definition) is 2. The molecule has 0 aromatic rings. The van der Waals surface area contributed by atoms with Gasteiger partial charge in [0.25, 0.3) is 0 Å². The summed E-state index contributed by atoms with van der Waals surface area (Å²) in [4.78, 5) is 10.9. The molecule has 0 aliphatic heterocycles. The lowest BCUT2D eigenvalue weighted by molar-refractivity contribution is -0.137. The van der Waals surface area contributed by atoms with E-state index in [9.17, 15) is 4.79 Å². The Morgan fingerprint density at radius 2 is 1.92 bits per heavy atom. The monoisotopic (exact) mass is 186 g/mol. The minimum absolute atomic E-state index is 0.352. The predicted octanol–water partition coefficient (Wildman–Crippen LogP) is 2.28. The van der Waals surface area contributed by atoms with E-state index < -0.39 is 5.97 Å². The average Bonchev–Trinajstić information content (AvgIpc) is 2.60. The number of carbonyl (C=O) groups is 1. The Morgan fingerprint density at radius 3 is 2.33 bits per heavy atom. The van der Waals surface area contributed by atoms with Crippen LogP contribution in [0, 0.1) is 0 Å². The molecule has 0 unspecified atom stereocenters. The van der Waals surface area contributed by atoms with Gasteiger partial charge in [-0.2, -0.15) is 0 Å². The van der Waals surface area contributed by atoms with Crippen molar-refractivity contribution < 1.29 is 9.90 Å². The van der Waals surface area contributed by atoms with Gasteiger partial charge in [0.2, 0.25) is 0 Å². The highest BCUT2D eigenvalue weighted by Gasteiger charge is 2.52. The number of hydrogen-bond donors (Lipinski definition) is 1. The van der Waals surface area contributed by atoms with Crippen LogP contribution in [0.5, 0.6) is 0 Å². The molecular weight excluding hydrogens is 172 g/mol. The lowest BCUT2D eigenvalue weighted by Crippen LogP contribution is -2.20. The summed E-state index contributed by atoms with van der Waals surface area (Å²) >= 11 is 1.73. The second-order valence-corrected chi connectivity index (χ2v) is 5.51. The van der Waals surface area contributed by atoms with Crippen LogP contribution in [0.2, 0.25) is 0 Å². The fourth-order valence-electron chi connectivity index (χ4n) is 1.82. The molecule has 2 aliphatic rings. The van der Waals surface area contributed by atoms with Crippen LogP contribution in [-0.2, 0) is 4.79 Å². The molecule has 68 valence electrons. The molecule has 0 heterocycles. The maximum absolute atomic E-state index is 10.9. The Kier molecular flexibility index (Phi) is 2.07. The van der Waals surface area contributed by atoms with E-state index in [1.165, 1.54) is 25.7 Å². The summed E-state index contributed by atoms with van der Waals surface area (Å²) in [5.41, 5.74) is 0. The number of aliphatic carboxylic acids is 1. The van der Waals surface area contributed by atoms with Crippen LogP contribution < -0.4 is 0 Å². The number of carboxylic acids is 1. The topological polar surface area (TPSA) is 37.3 Å². The van der Waals surface area contributed by atoms with E-state index in [2.05, 4.69) is 0 Å². The first-order valence-corrected chi connectivity index (χ1v) is 5.52. The molecule has 2 saturated carbocycles. The zero-order valence-electron chi connectivity index (χ0n) is 7.08. The lowest BCUT2D eigenvalue weighted by Gasteiger charge is -2.14. The quantitative estimate of drug-likeness (QED) is 0.734. The van der Waals surface area contributed by atoms with Crippen LogP contribution in [0.4, 0.5) is 0 Å². The molecule has 0 spiro atoms. The second-order valence-electron chi connectivity index (χ2n) is 3.82. The van der Waals surface area contributed by atoms with Gasteiger partial charge in [-0.05, 0) is 25.7 Å². The van der Waals surface area contributed by atoms with E-state index in [4.69, 9.17) is 5.11 Å². The minimum atomic E-state index is -0.584. The van der Waals surface area contributed by atoms with E-state index in [0.29, 0.717) is 5.25 Å². The first-order chi connectivity index (χ1) is 5.73. The highest BCUT2D eigenvalue weighted by molar-refractivity contribution is 8.02. The Morgan fingerprint density at radius 1 is 1.33 bits per heavy atom. The van der Waals surface area contributed by atoms with Crippen molar-refractivity contribution in [2.75, 3.05) is 0 Å². The molecule has 3 heteroatoms. The van der Waals surface area contributed by atoms with Crippen molar-refractivity contribution in [3.8, 4) is 0 Å². The van der Waals surface area contributed by atoms with Gasteiger partial charge in [0.1, 0.15) is 4.75 Å². The summed E-state index contributed by atoms with van der Waals surface area (Å²) < 4.78 is -0.352. The summed E-state index contributed by atoms with van der Waals surface area (Å²) in [6.07, 6.45) is 6.85. The van der Waals surface area contributed by atoms with Crippen molar-refractivity contribution in [2.24, 2.45) is 0 Å². The molecule has 0 amide bonds. The molecule has 0 saturated heterocycles. The van der Waals surface area contributed by atoms with Gasteiger partial charge in [0, 0.05) is 5.25 Å². The van der Waals surface area contributed by atoms with E-state index in [-0.39, 0.29) is 4.75 Å². The standard InChI is InChI=1S/C9H14O2S/c10-8(11)9(5-6-9)12-7-3-1-2-4-7/h7H,1-6H2,(H,10,11). The number of carboxylic acid groups (broad SMARTS) is 1. The molecule has 0 bridgehead atoms. The van der Waals surface area contributed by atoms with E-state index >= 15 is 0 Å². The van der Waals surface area contributed by atoms with Gasteiger partial charge in [0.15, 0.2) is 0 Å². The van der Waals surface area contributed by atoms with Crippen LogP contribution in [0.1, 0.15) is 38.5 Å². The fraction of sp³-hybridized carbons (Fsp3) is 0.889. The summed E-state index contributed by atoms with van der Waals surface area (Å²) in [5.74, 6) is -0.584. The Balaban J connectivity index is 1.89. The van der Waals surface area contributed by atoms with E-state index in [1.807, 2.05) is 0 Å². The lowest BCUT2D eigenvalue weighted by atomic mass is 10.4. The molecule has 2 fully saturated rings. The Hall–Kier alpha value is -0.180. The Labute approximate surface area is 76.7 Å². The molecule has 2 nitrogen and oxygen atoms in total. The predicted molar refractivity (Wildman–Crippen MR) is 49.4 cm³/mol. The zero-order chi connectivity index (χ0) is 8.60. The van der Waals surface area contributed by atoms with Crippen molar-refractivity contribution in [3.63, 3.8) is 0 Å². The smallest absolute Gasteiger partial charge is 0.319 e. The summed E-state index contributed by atoms with van der Waals surface area (Å²) in [7, 11) is 0. The van der Waals surface area contributed by atoms with Gasteiger partial charge in [-0.3, -0.25) is 4.79 Å². The largest absolute Gasteiger partial charge is 0.480 e. The second kappa shape index (κ2) is 2.95. The fourth-order valence-corrected chi connectivity index (χ4v) is 3.47. The van der Waals surface area contributed by atoms with Gasteiger partial charge in [-0.25, -0.2) is 0 Å². The first kappa shape index (κ1) is 8.42. The normalized spacial score (nSPS) is 27.3. The summed E-state index contributed by atoms with van der Waals surface area (Å²) in [5, 5.41) is 9.59. The van der Waals surface area contributed by atoms with Crippen molar-refractivity contribution in [3.05, 3.63) is 0 Å². The molecule has 0 radical (unpaired) electrons. The van der Waals surface area contributed by atoms with Crippen LogP contribution in [0.15, 0.2) is 0 Å². The molecular formula is C9H14O2S. The third kappa shape index (κ3) is 1.47. The van der Waals surface area contributed by atoms with Crippen molar-refractivity contribution >= 4 is 17.7 Å². The molecule has 0 aromatic carbocycles. The Bertz CT molecular complexity index is 193. The van der Waals surface area contributed by atoms with E-state index in [0.717, 1.165) is 12.8 Å². The molecule has 2 aliphatic carbocycles. The number of thioether (sulfide) groups is 1. The van der Waals surface area contributed by atoms with Crippen LogP contribution in [0.25, 0.3) is 0 Å². The van der Waals surface area contributed by atoms with Gasteiger partial charge in [-0.1, -0.05) is 12.8 Å². The molecule has 0 atom stereocenters. The third-order valence-electron chi connectivity index (χ3n) is 2.79. The van der Waals surface area contributed by atoms with Crippen molar-refractivity contribution in [1.82, 2.24) is 0 Å². The van der Waals surface area contributed by atoms with Gasteiger partial charge < -0.3 is 5.11 Å². The SMILES string of the molecule is O=C(O)C1(SC2CCCC2)CC1. The average molecular weight is 186 g/mol. The zero-order valence-corrected chi connectivity index (χ0v) is 7.90. The molecule has 0 aromatic heterocycles. The molecule has 1 N–H and O–H groups in total. The molecule has 12 heavy (non-hydrogen) atoms. The minimum Gasteiger partial charge on any atom is -0.480 e. The van der Waals surface area contributed by atoms with Gasteiger partial charge in [0.05, 0.1) is 0 Å². The van der Waals surface area contributed by atoms with Gasteiger partial charge >= 0.3 is 5.97 Å². The first-order valence-electron chi connectivity index (χ1n) is 4.64. The van der Waals surface area contributed by atoms with Crippen molar-refractivity contribution in [2.45, 2.75) is 48.5 Å². The van der Waals surface area contributed by atoms with E-state index in [1.54, 1.807) is 11.8 Å².